The molecule has 0 radical (unpaired) electrons. The Morgan fingerprint density at radius 1 is 1.33 bits per heavy atom. The number of thioether (sulfide) groups is 1. The average Bonchev–Trinajstić information content (AvgIpc) is 2.84. The van der Waals surface area contributed by atoms with Crippen LogP contribution < -0.4 is 15.5 Å². The summed E-state index contributed by atoms with van der Waals surface area (Å²) in [6.07, 6.45) is 4.55. The van der Waals surface area contributed by atoms with Crippen LogP contribution in [-0.2, 0) is 9.59 Å². The number of nitrogens with zero attached hydrogens (tertiary/aromatic N) is 3. The SMILES string of the molecule is CCCN(CCC)c1cc(Cl)nc(SCC(=O)N[C@H]2CCCCNC2=O)n1. The third kappa shape index (κ3) is 7.18. The van der Waals surface area contributed by atoms with E-state index in [4.69, 9.17) is 11.6 Å². The third-order valence-electron chi connectivity index (χ3n) is 4.17. The maximum atomic E-state index is 12.2. The van der Waals surface area contributed by atoms with Gasteiger partial charge in [-0.2, -0.15) is 0 Å². The van der Waals surface area contributed by atoms with Crippen molar-refractivity contribution in [1.29, 1.82) is 0 Å². The molecule has 0 aliphatic carbocycles. The van der Waals surface area contributed by atoms with Crippen molar-refractivity contribution in [3.8, 4) is 0 Å². The Morgan fingerprint density at radius 2 is 2.07 bits per heavy atom. The fourth-order valence-corrected chi connectivity index (χ4v) is 3.83. The zero-order valence-corrected chi connectivity index (χ0v) is 17.5. The molecule has 150 valence electrons. The molecule has 9 heteroatoms. The molecule has 1 atom stereocenters. The van der Waals surface area contributed by atoms with E-state index in [0.717, 1.165) is 44.6 Å². The van der Waals surface area contributed by atoms with E-state index in [1.165, 1.54) is 11.8 Å². The van der Waals surface area contributed by atoms with E-state index in [-0.39, 0.29) is 17.6 Å². The van der Waals surface area contributed by atoms with E-state index in [1.54, 1.807) is 6.07 Å². The second-order valence-electron chi connectivity index (χ2n) is 6.51. The molecule has 1 aliphatic rings. The Morgan fingerprint density at radius 3 is 2.78 bits per heavy atom. The summed E-state index contributed by atoms with van der Waals surface area (Å²) in [5.74, 6) is 0.614. The first-order valence-electron chi connectivity index (χ1n) is 9.52. The summed E-state index contributed by atoms with van der Waals surface area (Å²) in [4.78, 5) is 35.1. The average molecular weight is 414 g/mol. The highest BCUT2D eigenvalue weighted by atomic mass is 35.5. The smallest absolute Gasteiger partial charge is 0.242 e. The van der Waals surface area contributed by atoms with Gasteiger partial charge in [0.1, 0.15) is 17.0 Å². The van der Waals surface area contributed by atoms with Crippen molar-refractivity contribution in [3.05, 3.63) is 11.2 Å². The maximum absolute atomic E-state index is 12.2. The molecule has 0 spiro atoms. The van der Waals surface area contributed by atoms with Crippen LogP contribution in [0.5, 0.6) is 0 Å². The first-order valence-corrected chi connectivity index (χ1v) is 10.9. The first kappa shape index (κ1) is 21.8. The minimum Gasteiger partial charge on any atom is -0.356 e. The second-order valence-corrected chi connectivity index (χ2v) is 7.84. The van der Waals surface area contributed by atoms with Gasteiger partial charge in [0, 0.05) is 25.7 Å². The van der Waals surface area contributed by atoms with Crippen LogP contribution in [0.2, 0.25) is 5.15 Å². The number of nitrogens with one attached hydrogen (secondary N) is 2. The molecule has 1 fully saturated rings. The topological polar surface area (TPSA) is 87.2 Å². The van der Waals surface area contributed by atoms with Gasteiger partial charge in [-0.3, -0.25) is 9.59 Å². The molecule has 2 N–H and O–H groups in total. The molecule has 0 aromatic carbocycles. The summed E-state index contributed by atoms with van der Waals surface area (Å²) in [6.45, 7) is 6.69. The van der Waals surface area contributed by atoms with Gasteiger partial charge in [-0.15, -0.1) is 0 Å². The highest BCUT2D eigenvalue weighted by Gasteiger charge is 2.22. The Bertz CT molecular complexity index is 640. The van der Waals surface area contributed by atoms with Crippen molar-refractivity contribution in [2.75, 3.05) is 30.3 Å². The molecular formula is C18H28ClN5O2S. The van der Waals surface area contributed by atoms with Gasteiger partial charge in [-0.25, -0.2) is 9.97 Å². The van der Waals surface area contributed by atoms with E-state index in [1.807, 2.05) is 0 Å². The highest BCUT2D eigenvalue weighted by molar-refractivity contribution is 7.99. The van der Waals surface area contributed by atoms with Gasteiger partial charge < -0.3 is 15.5 Å². The lowest BCUT2D eigenvalue weighted by Gasteiger charge is -2.22. The predicted molar refractivity (Wildman–Crippen MR) is 109 cm³/mol. The van der Waals surface area contributed by atoms with E-state index in [0.29, 0.717) is 23.3 Å². The van der Waals surface area contributed by atoms with Gasteiger partial charge in [0.15, 0.2) is 5.16 Å². The van der Waals surface area contributed by atoms with Crippen LogP contribution in [0.4, 0.5) is 5.82 Å². The molecule has 2 amide bonds. The standard InChI is InChI=1S/C18H28ClN5O2S/c1-3-9-24(10-4-2)15-11-14(19)22-18(23-15)27-12-16(25)21-13-7-5-6-8-20-17(13)26/h11,13H,3-10,12H2,1-2H3,(H,20,26)(H,21,25)/t13-/m0/s1. The summed E-state index contributed by atoms with van der Waals surface area (Å²) in [7, 11) is 0. The van der Waals surface area contributed by atoms with Crippen molar-refractivity contribution in [1.82, 2.24) is 20.6 Å². The van der Waals surface area contributed by atoms with Crippen LogP contribution in [0.1, 0.15) is 46.0 Å². The largest absolute Gasteiger partial charge is 0.356 e. The number of aromatic nitrogens is 2. The molecular weight excluding hydrogens is 386 g/mol. The molecule has 7 nitrogen and oxygen atoms in total. The van der Waals surface area contributed by atoms with E-state index < -0.39 is 6.04 Å². The maximum Gasteiger partial charge on any atom is 0.242 e. The Balaban J connectivity index is 1.96. The Hall–Kier alpha value is -1.54. The summed E-state index contributed by atoms with van der Waals surface area (Å²) in [5.41, 5.74) is 0. The molecule has 1 saturated heterocycles. The monoisotopic (exact) mass is 413 g/mol. The molecule has 0 unspecified atom stereocenters. The second kappa shape index (κ2) is 11.3. The van der Waals surface area contributed by atoms with Crippen LogP contribution in [0, 0.1) is 0 Å². The number of hydrogen-bond acceptors (Lipinski definition) is 6. The minimum atomic E-state index is -0.457. The zero-order chi connectivity index (χ0) is 19.6. The number of hydrogen-bond donors (Lipinski definition) is 2. The van der Waals surface area contributed by atoms with Crippen LogP contribution in [0.15, 0.2) is 11.2 Å². The summed E-state index contributed by atoms with van der Waals surface area (Å²) >= 11 is 7.39. The van der Waals surface area contributed by atoms with Gasteiger partial charge in [-0.1, -0.05) is 37.2 Å². The summed E-state index contributed by atoms with van der Waals surface area (Å²) < 4.78 is 0. The molecule has 1 aliphatic heterocycles. The van der Waals surface area contributed by atoms with Crippen molar-refractivity contribution in [2.24, 2.45) is 0 Å². The highest BCUT2D eigenvalue weighted by Crippen LogP contribution is 2.22. The number of halogens is 1. The van der Waals surface area contributed by atoms with E-state index in [2.05, 4.69) is 39.3 Å². The lowest BCUT2D eigenvalue weighted by Crippen LogP contribution is -2.46. The number of carbonyl (C=O) groups is 2. The van der Waals surface area contributed by atoms with Crippen LogP contribution in [0.3, 0.4) is 0 Å². The molecule has 27 heavy (non-hydrogen) atoms. The van der Waals surface area contributed by atoms with Crippen molar-refractivity contribution in [3.63, 3.8) is 0 Å². The van der Waals surface area contributed by atoms with Gasteiger partial charge in [0.25, 0.3) is 0 Å². The summed E-state index contributed by atoms with van der Waals surface area (Å²) in [5, 5.41) is 6.45. The number of rotatable bonds is 9. The zero-order valence-electron chi connectivity index (χ0n) is 16.0. The molecule has 1 aromatic rings. The first-order chi connectivity index (χ1) is 13.0. The van der Waals surface area contributed by atoms with E-state index in [9.17, 15) is 9.59 Å². The summed E-state index contributed by atoms with van der Waals surface area (Å²) in [6, 6.07) is 1.30. The van der Waals surface area contributed by atoms with Gasteiger partial charge in [-0.05, 0) is 32.1 Å². The lowest BCUT2D eigenvalue weighted by atomic mass is 10.1. The normalized spacial score (nSPS) is 17.1. The van der Waals surface area contributed by atoms with E-state index >= 15 is 0 Å². The molecule has 2 heterocycles. The van der Waals surface area contributed by atoms with Gasteiger partial charge in [0.05, 0.1) is 5.75 Å². The van der Waals surface area contributed by atoms with Crippen LogP contribution in [-0.4, -0.2) is 53.2 Å². The fourth-order valence-electron chi connectivity index (χ4n) is 2.94. The van der Waals surface area contributed by atoms with Crippen molar-refractivity contribution in [2.45, 2.75) is 57.1 Å². The Labute approximate surface area is 170 Å². The fraction of sp³-hybridized carbons (Fsp3) is 0.667. The lowest BCUT2D eigenvalue weighted by molar-refractivity contribution is -0.127. The van der Waals surface area contributed by atoms with Gasteiger partial charge >= 0.3 is 0 Å². The molecule has 0 saturated carbocycles. The minimum absolute atomic E-state index is 0.109. The van der Waals surface area contributed by atoms with Crippen molar-refractivity contribution < 1.29 is 9.59 Å². The number of anilines is 1. The molecule has 1 aromatic heterocycles. The van der Waals surface area contributed by atoms with Crippen LogP contribution in [0.25, 0.3) is 0 Å². The number of carbonyl (C=O) groups excluding carboxylic acids is 2. The third-order valence-corrected chi connectivity index (χ3v) is 5.22. The Kier molecular flexibility index (Phi) is 9.14. The molecule has 0 bridgehead atoms. The van der Waals surface area contributed by atoms with Gasteiger partial charge in [0.2, 0.25) is 11.8 Å². The van der Waals surface area contributed by atoms with Crippen LogP contribution >= 0.6 is 23.4 Å². The van der Waals surface area contributed by atoms with Crippen molar-refractivity contribution >= 4 is 41.0 Å². The molecule has 2 rings (SSSR count). The predicted octanol–water partition coefficient (Wildman–Crippen LogP) is 2.63. The number of amides is 2. The quantitative estimate of drug-likeness (QED) is 0.367.